The number of Topliss-reactive ketones (excluding diaryl/α,β-unsaturated/α-hetero) is 1. The number of sulfone groups is 2. The summed E-state index contributed by atoms with van der Waals surface area (Å²) in [5.41, 5.74) is -0.623. The zero-order chi connectivity index (χ0) is 18.2. The van der Waals surface area contributed by atoms with Crippen molar-refractivity contribution in [1.29, 1.82) is 0 Å². The molecular formula is C16H22O6S2. The summed E-state index contributed by atoms with van der Waals surface area (Å²) in [5.74, 6) is -0.662. The third kappa shape index (κ3) is 4.57. The van der Waals surface area contributed by atoms with Crippen LogP contribution in [0.5, 0.6) is 5.75 Å². The molecule has 0 fully saturated rings. The van der Waals surface area contributed by atoms with Gasteiger partial charge in [0.05, 0.1) is 17.4 Å². The summed E-state index contributed by atoms with van der Waals surface area (Å²) in [4.78, 5) is 12.9. The number of carbonyl (C=O) groups excluding carboxylic acids is 1. The lowest BCUT2D eigenvalue weighted by Crippen LogP contribution is -2.49. The van der Waals surface area contributed by atoms with E-state index >= 15 is 0 Å². The van der Waals surface area contributed by atoms with Crippen LogP contribution in [-0.2, 0) is 24.5 Å². The van der Waals surface area contributed by atoms with Crippen LogP contribution >= 0.6 is 0 Å². The van der Waals surface area contributed by atoms with Crippen molar-refractivity contribution in [3.63, 3.8) is 0 Å². The Morgan fingerprint density at radius 2 is 1.62 bits per heavy atom. The predicted molar refractivity (Wildman–Crippen MR) is 91.9 cm³/mol. The van der Waals surface area contributed by atoms with E-state index < -0.39 is 31.2 Å². The van der Waals surface area contributed by atoms with Crippen LogP contribution in [0.3, 0.4) is 0 Å². The van der Waals surface area contributed by atoms with Crippen LogP contribution in [-0.4, -0.2) is 52.2 Å². The van der Waals surface area contributed by atoms with Crippen LogP contribution in [0.25, 0.3) is 0 Å². The number of hydrogen-bond donors (Lipinski definition) is 0. The van der Waals surface area contributed by atoms with Crippen molar-refractivity contribution < 1.29 is 26.4 Å². The first-order valence-corrected chi connectivity index (χ1v) is 11.7. The van der Waals surface area contributed by atoms with E-state index in [0.29, 0.717) is 11.3 Å². The second-order valence-electron chi connectivity index (χ2n) is 6.59. The molecule has 0 aromatic heterocycles. The summed E-state index contributed by atoms with van der Waals surface area (Å²) in [7, 11) is -6.45. The number of hydrogen-bond acceptors (Lipinski definition) is 6. The molecule has 1 aromatic rings. The Labute approximate surface area is 143 Å². The SMILES string of the molecule is CC1(CCS(C)(=O)=O)Oc2ccccc2C(CCS(C)(=O)=O)C1=O. The fraction of sp³-hybridized carbons (Fsp3) is 0.562. The van der Waals surface area contributed by atoms with Gasteiger partial charge in [0.2, 0.25) is 0 Å². The molecule has 6 nitrogen and oxygen atoms in total. The van der Waals surface area contributed by atoms with Gasteiger partial charge in [-0.1, -0.05) is 18.2 Å². The van der Waals surface area contributed by atoms with Gasteiger partial charge in [-0.2, -0.15) is 0 Å². The highest BCUT2D eigenvalue weighted by atomic mass is 32.2. The Hall–Kier alpha value is -1.41. The Morgan fingerprint density at radius 3 is 2.21 bits per heavy atom. The second-order valence-corrected chi connectivity index (χ2v) is 11.1. The average molecular weight is 374 g/mol. The molecular weight excluding hydrogens is 352 g/mol. The van der Waals surface area contributed by atoms with E-state index in [1.807, 2.05) is 0 Å². The third-order valence-corrected chi connectivity index (χ3v) is 6.12. The summed E-state index contributed by atoms with van der Waals surface area (Å²) in [6, 6.07) is 6.99. The fourth-order valence-corrected chi connectivity index (χ4v) is 4.26. The first kappa shape index (κ1) is 18.9. The standard InChI is InChI=1S/C16H22O6S2/c1-16(9-11-24(3,20)21)15(17)13(8-10-23(2,18)19)12-6-4-5-7-14(12)22-16/h4-7,13H,8-11H2,1-3H3. The topological polar surface area (TPSA) is 94.6 Å². The molecule has 8 heteroatoms. The number of fused-ring (bicyclic) bond motifs is 1. The summed E-state index contributed by atoms with van der Waals surface area (Å²) in [6.45, 7) is 1.57. The molecule has 0 amide bonds. The minimum Gasteiger partial charge on any atom is -0.479 e. The number of rotatable bonds is 6. The van der Waals surface area contributed by atoms with E-state index in [9.17, 15) is 21.6 Å². The molecule has 2 unspecified atom stereocenters. The van der Waals surface area contributed by atoms with E-state index in [4.69, 9.17) is 4.74 Å². The number of benzene rings is 1. The highest BCUT2D eigenvalue weighted by molar-refractivity contribution is 7.90. The van der Waals surface area contributed by atoms with E-state index in [-0.39, 0.29) is 30.1 Å². The van der Waals surface area contributed by atoms with Crippen molar-refractivity contribution in [2.24, 2.45) is 0 Å². The Bertz CT molecular complexity index is 841. The maximum absolute atomic E-state index is 12.9. The molecule has 134 valence electrons. The van der Waals surface area contributed by atoms with Gasteiger partial charge in [-0.15, -0.1) is 0 Å². The van der Waals surface area contributed by atoms with Crippen molar-refractivity contribution in [1.82, 2.24) is 0 Å². The Morgan fingerprint density at radius 1 is 1.04 bits per heavy atom. The van der Waals surface area contributed by atoms with E-state index in [0.717, 1.165) is 12.5 Å². The van der Waals surface area contributed by atoms with Crippen molar-refractivity contribution >= 4 is 25.5 Å². The first-order valence-electron chi connectivity index (χ1n) is 7.59. The highest BCUT2D eigenvalue weighted by Crippen LogP contribution is 2.41. The van der Waals surface area contributed by atoms with Crippen LogP contribution in [0.1, 0.15) is 31.2 Å². The molecule has 0 spiro atoms. The third-order valence-electron chi connectivity index (χ3n) is 4.19. The summed E-state index contributed by atoms with van der Waals surface area (Å²) >= 11 is 0. The molecule has 1 aromatic carbocycles. The normalized spacial score (nSPS) is 24.3. The Balaban J connectivity index is 2.36. The molecule has 2 rings (SSSR count). The fourth-order valence-electron chi connectivity index (χ4n) is 2.84. The molecule has 0 radical (unpaired) electrons. The minimum absolute atomic E-state index is 0.0361. The average Bonchev–Trinajstić information content (AvgIpc) is 2.44. The lowest BCUT2D eigenvalue weighted by molar-refractivity contribution is -0.137. The highest BCUT2D eigenvalue weighted by Gasteiger charge is 2.45. The van der Waals surface area contributed by atoms with Gasteiger partial charge >= 0.3 is 0 Å². The van der Waals surface area contributed by atoms with E-state index in [1.165, 1.54) is 0 Å². The lowest BCUT2D eigenvalue weighted by atomic mass is 9.79. The zero-order valence-electron chi connectivity index (χ0n) is 14.0. The molecule has 0 aliphatic carbocycles. The van der Waals surface area contributed by atoms with Crippen molar-refractivity contribution in [2.45, 2.75) is 31.3 Å². The van der Waals surface area contributed by atoms with Crippen LogP contribution in [0.2, 0.25) is 0 Å². The monoisotopic (exact) mass is 374 g/mol. The van der Waals surface area contributed by atoms with Gasteiger partial charge in [0, 0.05) is 24.5 Å². The van der Waals surface area contributed by atoms with Gasteiger partial charge in [-0.3, -0.25) is 4.79 Å². The molecule has 1 aliphatic rings. The largest absolute Gasteiger partial charge is 0.479 e. The van der Waals surface area contributed by atoms with Crippen LogP contribution < -0.4 is 4.74 Å². The molecule has 24 heavy (non-hydrogen) atoms. The molecule has 0 N–H and O–H groups in total. The number of ether oxygens (including phenoxy) is 1. The van der Waals surface area contributed by atoms with Crippen LogP contribution in [0.4, 0.5) is 0 Å². The Kier molecular flexibility index (Phi) is 5.11. The maximum Gasteiger partial charge on any atom is 0.183 e. The lowest BCUT2D eigenvalue weighted by Gasteiger charge is -2.38. The molecule has 0 saturated carbocycles. The summed E-state index contributed by atoms with van der Waals surface area (Å²) < 4.78 is 51.7. The number of ketones is 1. The number of para-hydroxylation sites is 1. The van der Waals surface area contributed by atoms with E-state index in [1.54, 1.807) is 31.2 Å². The van der Waals surface area contributed by atoms with Gasteiger partial charge in [-0.25, -0.2) is 16.8 Å². The van der Waals surface area contributed by atoms with Crippen molar-refractivity contribution in [3.05, 3.63) is 29.8 Å². The summed E-state index contributed by atoms with van der Waals surface area (Å²) in [5, 5.41) is 0. The molecule has 0 saturated heterocycles. The molecule has 1 aliphatic heterocycles. The van der Waals surface area contributed by atoms with E-state index in [2.05, 4.69) is 0 Å². The molecule has 0 bridgehead atoms. The molecule has 2 atom stereocenters. The van der Waals surface area contributed by atoms with Crippen LogP contribution in [0.15, 0.2) is 24.3 Å². The van der Waals surface area contributed by atoms with Gasteiger partial charge in [0.15, 0.2) is 11.4 Å². The zero-order valence-corrected chi connectivity index (χ0v) is 15.6. The maximum atomic E-state index is 12.9. The van der Waals surface area contributed by atoms with Crippen molar-refractivity contribution in [3.8, 4) is 5.75 Å². The smallest absolute Gasteiger partial charge is 0.183 e. The number of carbonyl (C=O) groups is 1. The second kappa shape index (κ2) is 6.48. The van der Waals surface area contributed by atoms with Gasteiger partial charge in [-0.05, 0) is 19.4 Å². The van der Waals surface area contributed by atoms with Gasteiger partial charge in [0.25, 0.3) is 0 Å². The first-order chi connectivity index (χ1) is 10.9. The van der Waals surface area contributed by atoms with Gasteiger partial charge < -0.3 is 4.74 Å². The summed E-state index contributed by atoms with van der Waals surface area (Å²) in [6.07, 6.45) is 2.44. The quantitative estimate of drug-likeness (QED) is 0.746. The predicted octanol–water partition coefficient (Wildman–Crippen LogP) is 1.36. The van der Waals surface area contributed by atoms with Crippen LogP contribution in [0, 0.1) is 0 Å². The molecule has 1 heterocycles. The van der Waals surface area contributed by atoms with Crippen molar-refractivity contribution in [2.75, 3.05) is 24.0 Å². The minimum atomic E-state index is -3.24. The van der Waals surface area contributed by atoms with Gasteiger partial charge in [0.1, 0.15) is 25.4 Å².